The van der Waals surface area contributed by atoms with Gasteiger partial charge in [0.2, 0.25) is 5.91 Å². The number of carbonyl (C=O) groups excluding carboxylic acids is 2. The molecule has 1 aliphatic rings. The Morgan fingerprint density at radius 2 is 1.75 bits per heavy atom. The number of methoxy groups -OCH3 is 2. The number of nitrogens with one attached hydrogen (secondary N) is 1. The molecule has 0 saturated carbocycles. The summed E-state index contributed by atoms with van der Waals surface area (Å²) in [4.78, 5) is 27.5. The summed E-state index contributed by atoms with van der Waals surface area (Å²) >= 11 is 0. The maximum absolute atomic E-state index is 13.3. The highest BCUT2D eigenvalue weighted by Crippen LogP contribution is 2.41. The van der Waals surface area contributed by atoms with Crippen LogP contribution < -0.4 is 19.0 Å². The van der Waals surface area contributed by atoms with Crippen LogP contribution in [-0.4, -0.2) is 76.8 Å². The molecule has 1 heterocycles. The van der Waals surface area contributed by atoms with Gasteiger partial charge in [-0.1, -0.05) is 31.8 Å². The van der Waals surface area contributed by atoms with E-state index in [1.807, 2.05) is 12.2 Å². The number of hydrogen-bond acceptors (Lipinski definition) is 9. The van der Waals surface area contributed by atoms with E-state index in [9.17, 15) is 23.1 Å². The fourth-order valence-electron chi connectivity index (χ4n) is 4.07. The van der Waals surface area contributed by atoms with Crippen LogP contribution >= 0.6 is 0 Å². The fraction of sp³-hybridized carbons (Fsp3) is 0.556. The molecule has 0 aliphatic carbocycles. The smallest absolute Gasteiger partial charge is 0.413 e. The Morgan fingerprint density at radius 1 is 1.15 bits per heavy atom. The first kappa shape index (κ1) is 33.2. The molecule has 1 saturated heterocycles. The molecule has 40 heavy (non-hydrogen) atoms. The summed E-state index contributed by atoms with van der Waals surface area (Å²) in [5, 5.41) is 14.0. The molecule has 0 radical (unpaired) electrons. The van der Waals surface area contributed by atoms with E-state index >= 15 is 0 Å². The third kappa shape index (κ3) is 9.00. The van der Waals surface area contributed by atoms with Crippen molar-refractivity contribution in [2.75, 3.05) is 20.5 Å². The van der Waals surface area contributed by atoms with Crippen LogP contribution in [0.2, 0.25) is 25.7 Å². The van der Waals surface area contributed by atoms with Crippen LogP contribution in [-0.2, 0) is 19.6 Å². The number of hydrogen-bond donors (Lipinski definition) is 2. The quantitative estimate of drug-likeness (QED) is 0.245. The Morgan fingerprint density at radius 3 is 2.25 bits per heavy atom. The van der Waals surface area contributed by atoms with Crippen molar-refractivity contribution in [2.45, 2.75) is 77.7 Å². The minimum atomic E-state index is -3.91. The topological polar surface area (TPSA) is 141 Å². The molecule has 1 aromatic carbocycles. The van der Waals surface area contributed by atoms with Gasteiger partial charge in [0, 0.05) is 19.2 Å². The van der Waals surface area contributed by atoms with Crippen molar-refractivity contribution < 1.29 is 41.5 Å². The second-order valence-electron chi connectivity index (χ2n) is 11.8. The third-order valence-electron chi connectivity index (χ3n) is 5.72. The largest absolute Gasteiger partial charge is 0.496 e. The summed E-state index contributed by atoms with van der Waals surface area (Å²) in [5.41, 5.74) is -0.220. The number of aliphatic hydroxyl groups is 1. The lowest BCUT2D eigenvalue weighted by Crippen LogP contribution is -2.61. The van der Waals surface area contributed by atoms with E-state index < -0.39 is 48.1 Å². The predicted molar refractivity (Wildman–Crippen MR) is 156 cm³/mol. The van der Waals surface area contributed by atoms with Gasteiger partial charge in [-0.3, -0.25) is 9.69 Å². The van der Waals surface area contributed by atoms with Crippen LogP contribution in [0.15, 0.2) is 23.9 Å². The van der Waals surface area contributed by atoms with Crippen LogP contribution in [0.1, 0.15) is 38.3 Å². The summed E-state index contributed by atoms with van der Waals surface area (Å²) in [7, 11) is -2.51. The standard InChI is InChI=1S/C27H42N2O9SSi/c1-17-22(35-5)18(16-21(23(17)36-6)38-39(7,33)34)15-19-25(31)29(26(32)37-27(2,3)4)20(24(30)28-19)13-11-12-14-40(8,9)10/h11-12,15-16,20,25,31H,13-14H2,1-10H3,(H,28,30)/b12-11-,19-15+/t20-,25?/m0/s1. The van der Waals surface area contributed by atoms with Gasteiger partial charge in [0.1, 0.15) is 17.4 Å². The van der Waals surface area contributed by atoms with Crippen LogP contribution in [0.3, 0.4) is 0 Å². The maximum atomic E-state index is 13.3. The molecule has 1 fully saturated rings. The molecular weight excluding hydrogens is 556 g/mol. The van der Waals surface area contributed by atoms with Crippen molar-refractivity contribution in [3.05, 3.63) is 35.0 Å². The van der Waals surface area contributed by atoms with E-state index in [2.05, 4.69) is 25.0 Å². The zero-order valence-corrected chi connectivity index (χ0v) is 26.8. The van der Waals surface area contributed by atoms with Crippen molar-refractivity contribution in [2.24, 2.45) is 0 Å². The molecule has 2 rings (SSSR count). The van der Waals surface area contributed by atoms with Gasteiger partial charge in [-0.2, -0.15) is 8.42 Å². The van der Waals surface area contributed by atoms with Gasteiger partial charge in [-0.05, 0) is 52.3 Å². The number of aliphatic hydroxyl groups excluding tert-OH is 1. The number of piperazine rings is 1. The fourth-order valence-corrected chi connectivity index (χ4v) is 5.40. The predicted octanol–water partition coefficient (Wildman–Crippen LogP) is 4.03. The molecule has 1 aliphatic heterocycles. The van der Waals surface area contributed by atoms with Crippen molar-refractivity contribution in [1.82, 2.24) is 10.2 Å². The SMILES string of the molecule is COc1c(/C=C2/NC(=O)[C@H](C/C=C\C[Si](C)(C)C)N(C(=O)OC(C)(C)C)C2O)cc(OS(C)(=O)=O)c(OC)c1C. The number of allylic oxidation sites excluding steroid dienone is 1. The van der Waals surface area contributed by atoms with E-state index in [-0.39, 0.29) is 34.9 Å². The number of benzene rings is 1. The van der Waals surface area contributed by atoms with Gasteiger partial charge in [0.25, 0.3) is 0 Å². The summed E-state index contributed by atoms with van der Waals surface area (Å²) in [6.45, 7) is 13.4. The van der Waals surface area contributed by atoms with Gasteiger partial charge < -0.3 is 28.8 Å². The third-order valence-corrected chi connectivity index (χ3v) is 7.67. The lowest BCUT2D eigenvalue weighted by molar-refractivity contribution is -0.134. The first-order valence-electron chi connectivity index (χ1n) is 12.8. The molecule has 2 atom stereocenters. The lowest BCUT2D eigenvalue weighted by atomic mass is 10.0. The van der Waals surface area contributed by atoms with Crippen molar-refractivity contribution in [3.63, 3.8) is 0 Å². The lowest BCUT2D eigenvalue weighted by Gasteiger charge is -2.40. The summed E-state index contributed by atoms with van der Waals surface area (Å²) in [6, 6.07) is 1.22. The van der Waals surface area contributed by atoms with E-state index in [4.69, 9.17) is 18.4 Å². The Labute approximate surface area is 238 Å². The highest BCUT2D eigenvalue weighted by molar-refractivity contribution is 7.86. The molecule has 224 valence electrons. The van der Waals surface area contributed by atoms with Crippen LogP contribution in [0.25, 0.3) is 6.08 Å². The Hall–Kier alpha value is -3.03. The molecule has 1 unspecified atom stereocenters. The zero-order valence-electron chi connectivity index (χ0n) is 24.9. The number of carbonyl (C=O) groups is 2. The average Bonchev–Trinajstić information content (AvgIpc) is 2.76. The van der Waals surface area contributed by atoms with E-state index in [0.717, 1.165) is 17.2 Å². The Bertz CT molecular complexity index is 1280. The van der Waals surface area contributed by atoms with Crippen LogP contribution in [0.4, 0.5) is 4.79 Å². The second kappa shape index (κ2) is 12.6. The molecule has 0 aromatic heterocycles. The minimum Gasteiger partial charge on any atom is -0.496 e. The van der Waals surface area contributed by atoms with Crippen molar-refractivity contribution >= 4 is 36.3 Å². The molecule has 0 spiro atoms. The van der Waals surface area contributed by atoms with Crippen LogP contribution in [0, 0.1) is 6.92 Å². The summed E-state index contributed by atoms with van der Waals surface area (Å²) in [6.07, 6.45) is 3.85. The van der Waals surface area contributed by atoms with Crippen molar-refractivity contribution in [3.8, 4) is 17.2 Å². The normalized spacial score (nSPS) is 19.5. The van der Waals surface area contributed by atoms with Gasteiger partial charge in [0.15, 0.2) is 17.7 Å². The summed E-state index contributed by atoms with van der Waals surface area (Å²) < 4.78 is 45.3. The monoisotopic (exact) mass is 598 g/mol. The molecular formula is C27H42N2O9SSi. The van der Waals surface area contributed by atoms with Crippen molar-refractivity contribution in [1.29, 1.82) is 0 Å². The highest BCUT2D eigenvalue weighted by Gasteiger charge is 2.43. The van der Waals surface area contributed by atoms with E-state index in [1.165, 1.54) is 26.4 Å². The molecule has 13 heteroatoms. The van der Waals surface area contributed by atoms with Gasteiger partial charge in [0.05, 0.1) is 26.2 Å². The number of nitrogens with zero attached hydrogens (tertiary/aromatic N) is 1. The Balaban J connectivity index is 2.60. The number of ether oxygens (including phenoxy) is 3. The second-order valence-corrected chi connectivity index (χ2v) is 18.9. The molecule has 2 N–H and O–H groups in total. The van der Waals surface area contributed by atoms with E-state index in [1.54, 1.807) is 27.7 Å². The molecule has 11 nitrogen and oxygen atoms in total. The van der Waals surface area contributed by atoms with Gasteiger partial charge >= 0.3 is 16.2 Å². The number of amides is 2. The number of rotatable bonds is 9. The van der Waals surface area contributed by atoms with Gasteiger partial charge in [-0.25, -0.2) is 4.79 Å². The summed E-state index contributed by atoms with van der Waals surface area (Å²) in [5.74, 6) is -0.205. The average molecular weight is 599 g/mol. The molecule has 1 aromatic rings. The molecule has 0 bridgehead atoms. The highest BCUT2D eigenvalue weighted by atomic mass is 32.2. The molecule has 2 amide bonds. The Kier molecular flexibility index (Phi) is 10.5. The maximum Gasteiger partial charge on any atom is 0.413 e. The van der Waals surface area contributed by atoms with Gasteiger partial charge in [-0.15, -0.1) is 0 Å². The zero-order chi connectivity index (χ0) is 30.6. The first-order valence-corrected chi connectivity index (χ1v) is 18.3. The minimum absolute atomic E-state index is 0.0358. The van der Waals surface area contributed by atoms with Crippen LogP contribution in [0.5, 0.6) is 17.2 Å². The van der Waals surface area contributed by atoms with E-state index in [0.29, 0.717) is 5.56 Å². The first-order chi connectivity index (χ1) is 18.3.